The zero-order valence-electron chi connectivity index (χ0n) is 22.1. The van der Waals surface area contributed by atoms with Crippen molar-refractivity contribution < 1.29 is 17.9 Å². The smallest absolute Gasteiger partial charge is 0.264 e. The van der Waals surface area contributed by atoms with Gasteiger partial charge in [-0.1, -0.05) is 40.2 Å². The van der Waals surface area contributed by atoms with Crippen LogP contribution in [0.2, 0.25) is 0 Å². The molecule has 0 saturated heterocycles. The third kappa shape index (κ3) is 6.23. The van der Waals surface area contributed by atoms with E-state index in [2.05, 4.69) is 31.0 Å². The summed E-state index contributed by atoms with van der Waals surface area (Å²) < 4.78 is 36.8. The van der Waals surface area contributed by atoms with Gasteiger partial charge < -0.3 is 9.30 Å². The van der Waals surface area contributed by atoms with Gasteiger partial charge in [0, 0.05) is 27.1 Å². The van der Waals surface area contributed by atoms with Crippen LogP contribution < -0.4 is 14.5 Å². The zero-order chi connectivity index (χ0) is 28.2. The number of anilines is 1. The van der Waals surface area contributed by atoms with E-state index in [1.165, 1.54) is 19.2 Å². The number of rotatable bonds is 9. The van der Waals surface area contributed by atoms with Crippen molar-refractivity contribution in [2.75, 3.05) is 18.0 Å². The molecular formula is C29H29BrN4O4S. The molecule has 4 rings (SSSR count). The van der Waals surface area contributed by atoms with Gasteiger partial charge in [0.25, 0.3) is 15.9 Å². The van der Waals surface area contributed by atoms with Crippen molar-refractivity contribution in [2.45, 2.75) is 25.7 Å². The molecule has 1 N–H and O–H groups in total. The number of methoxy groups -OCH3 is 1. The Morgan fingerprint density at radius 2 is 1.72 bits per heavy atom. The predicted octanol–water partition coefficient (Wildman–Crippen LogP) is 5.52. The lowest BCUT2D eigenvalue weighted by Crippen LogP contribution is -2.39. The van der Waals surface area contributed by atoms with Crippen molar-refractivity contribution in [2.24, 2.45) is 5.10 Å². The van der Waals surface area contributed by atoms with E-state index in [9.17, 15) is 13.2 Å². The Balaban J connectivity index is 1.59. The molecule has 39 heavy (non-hydrogen) atoms. The van der Waals surface area contributed by atoms with Crippen LogP contribution in [0.3, 0.4) is 0 Å². The Bertz CT molecular complexity index is 1620. The van der Waals surface area contributed by atoms with Gasteiger partial charge in [0.15, 0.2) is 0 Å². The summed E-state index contributed by atoms with van der Waals surface area (Å²) in [6, 6.07) is 23.1. The van der Waals surface area contributed by atoms with Gasteiger partial charge in [0.2, 0.25) is 0 Å². The maximum atomic E-state index is 13.6. The fourth-order valence-electron chi connectivity index (χ4n) is 4.26. The number of ether oxygens (including phenoxy) is 1. The molecule has 0 aliphatic heterocycles. The minimum Gasteiger partial charge on any atom is -0.495 e. The standard InChI is InChI=1S/C29H29BrN4O4S/c1-20-10-15-28(38-4)27(16-20)33(39(36,37)26-8-6-5-7-9-26)19-29(35)32-31-18-23-17-21(2)34(22(23)3)25-13-11-24(30)12-14-25/h5-18H,19H2,1-4H3,(H,32,35)/b31-18-. The zero-order valence-corrected chi connectivity index (χ0v) is 24.5. The van der Waals surface area contributed by atoms with Crippen LogP contribution in [0.1, 0.15) is 22.5 Å². The van der Waals surface area contributed by atoms with E-state index in [1.807, 2.05) is 57.2 Å². The number of aryl methyl sites for hydroxylation is 2. The molecular weight excluding hydrogens is 580 g/mol. The van der Waals surface area contributed by atoms with E-state index >= 15 is 0 Å². The summed E-state index contributed by atoms with van der Waals surface area (Å²) in [7, 11) is -2.63. The molecule has 0 atom stereocenters. The average molecular weight is 610 g/mol. The van der Waals surface area contributed by atoms with Crippen molar-refractivity contribution in [1.82, 2.24) is 9.99 Å². The molecule has 0 spiro atoms. The monoisotopic (exact) mass is 608 g/mol. The molecule has 0 bridgehead atoms. The molecule has 4 aromatic rings. The summed E-state index contributed by atoms with van der Waals surface area (Å²) in [5, 5.41) is 4.13. The topological polar surface area (TPSA) is 93.0 Å². The highest BCUT2D eigenvalue weighted by atomic mass is 79.9. The SMILES string of the molecule is COc1ccc(C)cc1N(CC(=O)N/N=C\c1cc(C)n(-c2ccc(Br)cc2)c1C)S(=O)(=O)c1ccccc1. The molecule has 10 heteroatoms. The Labute approximate surface area is 237 Å². The molecule has 0 unspecified atom stereocenters. The number of carbonyl (C=O) groups excluding carboxylic acids is 1. The molecule has 1 amide bonds. The number of benzene rings is 3. The molecule has 202 valence electrons. The number of nitrogens with one attached hydrogen (secondary N) is 1. The fourth-order valence-corrected chi connectivity index (χ4v) is 5.97. The molecule has 0 aliphatic rings. The van der Waals surface area contributed by atoms with Gasteiger partial charge in [-0.3, -0.25) is 9.10 Å². The molecule has 3 aromatic carbocycles. The van der Waals surface area contributed by atoms with Crippen molar-refractivity contribution >= 4 is 43.8 Å². The number of aromatic nitrogens is 1. The van der Waals surface area contributed by atoms with E-state index in [1.54, 1.807) is 36.5 Å². The third-order valence-corrected chi connectivity index (χ3v) is 8.47. The molecule has 0 radical (unpaired) electrons. The first-order chi connectivity index (χ1) is 18.6. The maximum absolute atomic E-state index is 13.6. The highest BCUT2D eigenvalue weighted by Gasteiger charge is 2.29. The summed E-state index contributed by atoms with van der Waals surface area (Å²) in [6.45, 7) is 5.31. The number of hydrogen-bond acceptors (Lipinski definition) is 5. The van der Waals surface area contributed by atoms with Crippen LogP contribution >= 0.6 is 15.9 Å². The molecule has 1 aromatic heterocycles. The minimum atomic E-state index is -4.08. The Hall–Kier alpha value is -3.89. The van der Waals surface area contributed by atoms with Gasteiger partial charge in [0.1, 0.15) is 12.3 Å². The lowest BCUT2D eigenvalue weighted by atomic mass is 10.2. The van der Waals surface area contributed by atoms with Crippen LogP contribution in [0.15, 0.2) is 93.3 Å². The lowest BCUT2D eigenvalue weighted by molar-refractivity contribution is -0.119. The molecule has 8 nitrogen and oxygen atoms in total. The van der Waals surface area contributed by atoms with Gasteiger partial charge in [-0.15, -0.1) is 0 Å². The second-order valence-corrected chi connectivity index (χ2v) is 11.7. The van der Waals surface area contributed by atoms with E-state index in [0.717, 1.165) is 37.0 Å². The summed E-state index contributed by atoms with van der Waals surface area (Å²) in [5.74, 6) is -0.271. The average Bonchev–Trinajstić information content (AvgIpc) is 3.20. The van der Waals surface area contributed by atoms with Crippen LogP contribution in [0.25, 0.3) is 5.69 Å². The second kappa shape index (κ2) is 11.9. The summed E-state index contributed by atoms with van der Waals surface area (Å²) >= 11 is 3.46. The summed E-state index contributed by atoms with van der Waals surface area (Å²) in [5.41, 5.74) is 7.35. The molecule has 0 saturated carbocycles. The largest absolute Gasteiger partial charge is 0.495 e. The molecule has 0 fully saturated rings. The number of amides is 1. The van der Waals surface area contributed by atoms with Crippen LogP contribution in [-0.4, -0.2) is 38.8 Å². The first kappa shape index (κ1) is 28.1. The Morgan fingerprint density at radius 1 is 1.03 bits per heavy atom. The first-order valence-corrected chi connectivity index (χ1v) is 14.3. The van der Waals surface area contributed by atoms with Gasteiger partial charge in [-0.05, 0) is 80.9 Å². The van der Waals surface area contributed by atoms with Crippen molar-refractivity contribution in [3.63, 3.8) is 0 Å². The number of sulfonamides is 1. The van der Waals surface area contributed by atoms with Crippen molar-refractivity contribution in [3.8, 4) is 11.4 Å². The van der Waals surface area contributed by atoms with E-state index in [4.69, 9.17) is 4.74 Å². The van der Waals surface area contributed by atoms with E-state index in [-0.39, 0.29) is 10.6 Å². The predicted molar refractivity (Wildman–Crippen MR) is 157 cm³/mol. The van der Waals surface area contributed by atoms with Crippen molar-refractivity contribution in [3.05, 3.63) is 106 Å². The number of carbonyl (C=O) groups is 1. The molecule has 1 heterocycles. The second-order valence-electron chi connectivity index (χ2n) is 8.93. The van der Waals surface area contributed by atoms with Crippen molar-refractivity contribution in [1.29, 1.82) is 0 Å². The number of halogens is 1. The Morgan fingerprint density at radius 3 is 2.38 bits per heavy atom. The highest BCUT2D eigenvalue weighted by molar-refractivity contribution is 9.10. The minimum absolute atomic E-state index is 0.0604. The molecule has 0 aliphatic carbocycles. The van der Waals surface area contributed by atoms with Crippen LogP contribution in [-0.2, 0) is 14.8 Å². The Kier molecular flexibility index (Phi) is 8.57. The van der Waals surface area contributed by atoms with Gasteiger partial charge in [-0.2, -0.15) is 5.10 Å². The quantitative estimate of drug-likeness (QED) is 0.200. The van der Waals surface area contributed by atoms with Gasteiger partial charge in [-0.25, -0.2) is 13.8 Å². The maximum Gasteiger partial charge on any atom is 0.264 e. The number of nitrogens with zero attached hydrogens (tertiary/aromatic N) is 3. The van der Waals surface area contributed by atoms with Gasteiger partial charge >= 0.3 is 0 Å². The third-order valence-electron chi connectivity index (χ3n) is 6.17. The fraction of sp³-hybridized carbons (Fsp3) is 0.172. The van der Waals surface area contributed by atoms with Crippen LogP contribution in [0.5, 0.6) is 5.75 Å². The number of hydrogen-bond donors (Lipinski definition) is 1. The van der Waals surface area contributed by atoms with E-state index < -0.39 is 22.5 Å². The van der Waals surface area contributed by atoms with Crippen LogP contribution in [0, 0.1) is 20.8 Å². The van der Waals surface area contributed by atoms with E-state index in [0.29, 0.717) is 5.75 Å². The lowest BCUT2D eigenvalue weighted by Gasteiger charge is -2.25. The normalized spacial score (nSPS) is 11.5. The van der Waals surface area contributed by atoms with Gasteiger partial charge in [0.05, 0.1) is 23.9 Å². The van der Waals surface area contributed by atoms with Crippen LogP contribution in [0.4, 0.5) is 5.69 Å². The highest BCUT2D eigenvalue weighted by Crippen LogP contribution is 2.33. The summed E-state index contributed by atoms with van der Waals surface area (Å²) in [4.78, 5) is 13.1. The summed E-state index contributed by atoms with van der Waals surface area (Å²) in [6.07, 6.45) is 1.55. The number of hydrazone groups is 1. The first-order valence-electron chi connectivity index (χ1n) is 12.1.